The largest absolute Gasteiger partial charge is 0.360 e. The van der Waals surface area contributed by atoms with Gasteiger partial charge in [-0.2, -0.15) is 0 Å². The predicted molar refractivity (Wildman–Crippen MR) is 51.4 cm³/mol. The maximum absolute atomic E-state index is 3.75. The van der Waals surface area contributed by atoms with Gasteiger partial charge in [0, 0.05) is 6.20 Å². The first kappa shape index (κ1) is 9.69. The topological polar surface area (TPSA) is 28.1 Å². The van der Waals surface area contributed by atoms with Crippen molar-refractivity contribution in [2.24, 2.45) is 4.99 Å². The molecule has 0 spiro atoms. The summed E-state index contributed by atoms with van der Waals surface area (Å²) in [5.41, 5.74) is 1.77. The van der Waals surface area contributed by atoms with Gasteiger partial charge in [-0.3, -0.25) is 4.99 Å². The lowest BCUT2D eigenvalue weighted by atomic mass is 10.4. The molecule has 0 aliphatic carbocycles. The van der Waals surface area contributed by atoms with Crippen molar-refractivity contribution in [1.82, 2.24) is 4.98 Å². The number of hydrogen-bond acceptors (Lipinski definition) is 1. The summed E-state index contributed by atoms with van der Waals surface area (Å²) in [6.45, 7) is 11.0. The monoisotopic (exact) mass is 150 g/mol. The molecule has 1 heterocycles. The van der Waals surface area contributed by atoms with E-state index in [-0.39, 0.29) is 0 Å². The summed E-state index contributed by atoms with van der Waals surface area (Å²) in [5.74, 6) is 0. The van der Waals surface area contributed by atoms with E-state index in [0.717, 1.165) is 11.4 Å². The van der Waals surface area contributed by atoms with Gasteiger partial charge in [0.15, 0.2) is 0 Å². The molecule has 60 valence electrons. The highest BCUT2D eigenvalue weighted by Gasteiger charge is 1.92. The molecule has 0 radical (unpaired) electrons. The van der Waals surface area contributed by atoms with E-state index in [9.17, 15) is 0 Å². The smallest absolute Gasteiger partial charge is 0.0871 e. The molecule has 0 amide bonds. The molecule has 1 aromatic heterocycles. The summed E-state index contributed by atoms with van der Waals surface area (Å²) in [4.78, 5) is 6.70. The maximum Gasteiger partial charge on any atom is 0.0871 e. The van der Waals surface area contributed by atoms with Gasteiger partial charge in [-0.15, -0.1) is 0 Å². The van der Waals surface area contributed by atoms with Crippen LogP contribution >= 0.6 is 0 Å². The number of nitrogens with zero attached hydrogens (tertiary/aromatic N) is 1. The standard InChI is InChI=1S/C7H8N2.C2H6/c1-3-6-7(8-2)4-5-9-6;1-2/h3-5,9H,1-2H2;1-2H3. The van der Waals surface area contributed by atoms with E-state index >= 15 is 0 Å². The second-order valence-corrected chi connectivity index (χ2v) is 1.64. The van der Waals surface area contributed by atoms with Crippen LogP contribution in [0.4, 0.5) is 5.69 Å². The summed E-state index contributed by atoms with van der Waals surface area (Å²) < 4.78 is 0. The number of nitrogens with one attached hydrogen (secondary N) is 1. The van der Waals surface area contributed by atoms with Crippen LogP contribution in [0.2, 0.25) is 0 Å². The van der Waals surface area contributed by atoms with Gasteiger partial charge in [0.25, 0.3) is 0 Å². The van der Waals surface area contributed by atoms with Gasteiger partial charge < -0.3 is 4.98 Å². The van der Waals surface area contributed by atoms with E-state index in [2.05, 4.69) is 23.3 Å². The molecule has 0 aromatic carbocycles. The lowest BCUT2D eigenvalue weighted by Gasteiger charge is -1.85. The number of hydrogen-bond donors (Lipinski definition) is 1. The third kappa shape index (κ3) is 2.42. The Morgan fingerprint density at radius 3 is 2.55 bits per heavy atom. The molecular formula is C9H14N2. The fraction of sp³-hybridized carbons (Fsp3) is 0.222. The Morgan fingerprint density at radius 1 is 1.55 bits per heavy atom. The van der Waals surface area contributed by atoms with Crippen molar-refractivity contribution in [2.45, 2.75) is 13.8 Å². The van der Waals surface area contributed by atoms with Crippen LogP contribution in [-0.2, 0) is 0 Å². The minimum atomic E-state index is 0.852. The molecule has 1 rings (SSSR count). The Balaban J connectivity index is 0.000000461. The molecule has 11 heavy (non-hydrogen) atoms. The fourth-order valence-corrected chi connectivity index (χ4v) is 0.675. The first-order valence-electron chi connectivity index (χ1n) is 3.65. The first-order valence-corrected chi connectivity index (χ1v) is 3.65. The van der Waals surface area contributed by atoms with Crippen LogP contribution in [-0.4, -0.2) is 11.7 Å². The Morgan fingerprint density at radius 2 is 2.18 bits per heavy atom. The highest BCUT2D eigenvalue weighted by molar-refractivity contribution is 5.61. The minimum absolute atomic E-state index is 0.852. The summed E-state index contributed by atoms with van der Waals surface area (Å²) in [6, 6.07) is 1.85. The highest BCUT2D eigenvalue weighted by atomic mass is 14.8. The van der Waals surface area contributed by atoms with Gasteiger partial charge in [0.1, 0.15) is 0 Å². The molecule has 0 aliphatic heterocycles. The van der Waals surface area contributed by atoms with Gasteiger partial charge in [-0.25, -0.2) is 0 Å². The van der Waals surface area contributed by atoms with Crippen LogP contribution in [0.3, 0.4) is 0 Å². The Bertz CT molecular complexity index is 201. The van der Waals surface area contributed by atoms with Crippen LogP contribution < -0.4 is 0 Å². The summed E-state index contributed by atoms with van der Waals surface area (Å²) >= 11 is 0. The number of H-pyrrole nitrogens is 1. The van der Waals surface area contributed by atoms with Gasteiger partial charge in [0.05, 0.1) is 11.4 Å². The number of aromatic nitrogens is 1. The average molecular weight is 150 g/mol. The highest BCUT2D eigenvalue weighted by Crippen LogP contribution is 2.16. The quantitative estimate of drug-likeness (QED) is 0.628. The SMILES string of the molecule is C=Cc1[nH]ccc1N=C.CC. The number of aliphatic imine (C=N–C) groups is 1. The van der Waals surface area contributed by atoms with Crippen molar-refractivity contribution in [1.29, 1.82) is 0 Å². The van der Waals surface area contributed by atoms with E-state index in [1.165, 1.54) is 0 Å². The van der Waals surface area contributed by atoms with Crippen LogP contribution in [0.1, 0.15) is 19.5 Å². The maximum atomic E-state index is 3.75. The molecule has 2 nitrogen and oxygen atoms in total. The fourth-order valence-electron chi connectivity index (χ4n) is 0.675. The van der Waals surface area contributed by atoms with E-state index in [1.807, 2.05) is 19.9 Å². The van der Waals surface area contributed by atoms with Gasteiger partial charge in [-0.1, -0.05) is 20.4 Å². The molecular weight excluding hydrogens is 136 g/mol. The molecule has 0 saturated carbocycles. The number of rotatable bonds is 2. The van der Waals surface area contributed by atoms with E-state index in [0.29, 0.717) is 0 Å². The molecule has 0 fully saturated rings. The van der Waals surface area contributed by atoms with Crippen LogP contribution in [0.15, 0.2) is 23.8 Å². The normalized spacial score (nSPS) is 7.82. The lowest BCUT2D eigenvalue weighted by molar-refractivity contribution is 1.37. The zero-order valence-electron chi connectivity index (χ0n) is 7.09. The second-order valence-electron chi connectivity index (χ2n) is 1.64. The van der Waals surface area contributed by atoms with E-state index in [1.54, 1.807) is 12.3 Å². The molecule has 0 unspecified atom stereocenters. The second kappa shape index (κ2) is 5.47. The summed E-state index contributed by atoms with van der Waals surface area (Å²) in [7, 11) is 0. The van der Waals surface area contributed by atoms with Crippen molar-refractivity contribution in [3.05, 3.63) is 24.5 Å². The van der Waals surface area contributed by atoms with Gasteiger partial charge in [-0.05, 0) is 18.9 Å². The van der Waals surface area contributed by atoms with Gasteiger partial charge in [0.2, 0.25) is 0 Å². The van der Waals surface area contributed by atoms with Crippen LogP contribution in [0, 0.1) is 0 Å². The predicted octanol–water partition coefficient (Wildman–Crippen LogP) is 3.02. The van der Waals surface area contributed by atoms with E-state index < -0.39 is 0 Å². The van der Waals surface area contributed by atoms with Crippen LogP contribution in [0.25, 0.3) is 6.08 Å². The van der Waals surface area contributed by atoms with Crippen molar-refractivity contribution in [3.63, 3.8) is 0 Å². The molecule has 0 atom stereocenters. The Hall–Kier alpha value is -1.31. The Kier molecular flexibility index (Phi) is 4.82. The molecule has 0 saturated heterocycles. The zero-order valence-corrected chi connectivity index (χ0v) is 7.09. The summed E-state index contributed by atoms with van der Waals surface area (Å²) in [5, 5.41) is 0. The molecule has 0 aliphatic rings. The molecule has 1 N–H and O–H groups in total. The third-order valence-corrected chi connectivity index (χ3v) is 1.13. The van der Waals surface area contributed by atoms with Gasteiger partial charge >= 0.3 is 0 Å². The molecule has 0 bridgehead atoms. The van der Waals surface area contributed by atoms with Crippen molar-refractivity contribution in [3.8, 4) is 0 Å². The first-order chi connectivity index (χ1) is 5.38. The van der Waals surface area contributed by atoms with E-state index in [4.69, 9.17) is 0 Å². The summed E-state index contributed by atoms with van der Waals surface area (Å²) in [6.07, 6.45) is 3.52. The van der Waals surface area contributed by atoms with Crippen molar-refractivity contribution >= 4 is 18.5 Å². The van der Waals surface area contributed by atoms with Crippen LogP contribution in [0.5, 0.6) is 0 Å². The molecule has 1 aromatic rings. The molecule has 2 heteroatoms. The third-order valence-electron chi connectivity index (χ3n) is 1.13. The Labute approximate surface area is 67.7 Å². The number of aromatic amines is 1. The average Bonchev–Trinajstić information content (AvgIpc) is 2.54. The van der Waals surface area contributed by atoms with Crippen molar-refractivity contribution < 1.29 is 0 Å². The zero-order chi connectivity index (χ0) is 8.69. The van der Waals surface area contributed by atoms with Crippen molar-refractivity contribution in [2.75, 3.05) is 0 Å². The lowest BCUT2D eigenvalue weighted by Crippen LogP contribution is -1.65. The minimum Gasteiger partial charge on any atom is -0.360 e.